The molecule has 0 fully saturated rings. The van der Waals surface area contributed by atoms with Crippen molar-refractivity contribution in [2.45, 2.75) is 13.5 Å². The lowest BCUT2D eigenvalue weighted by Gasteiger charge is -2.11. The second-order valence-corrected chi connectivity index (χ2v) is 8.35. The molecule has 5 rings (SSSR count). The molecule has 0 spiro atoms. The van der Waals surface area contributed by atoms with Gasteiger partial charge in [-0.3, -0.25) is 4.79 Å². The summed E-state index contributed by atoms with van der Waals surface area (Å²) < 4.78 is 13.2. The van der Waals surface area contributed by atoms with Gasteiger partial charge in [-0.15, -0.1) is 10.2 Å². The van der Waals surface area contributed by atoms with Crippen LogP contribution in [0.4, 0.5) is 5.69 Å². The van der Waals surface area contributed by atoms with E-state index in [2.05, 4.69) is 10.2 Å². The van der Waals surface area contributed by atoms with Crippen molar-refractivity contribution in [1.82, 2.24) is 4.57 Å². The normalized spacial score (nSPS) is 11.4. The fourth-order valence-corrected chi connectivity index (χ4v) is 4.10. The van der Waals surface area contributed by atoms with E-state index in [1.54, 1.807) is 4.57 Å². The van der Waals surface area contributed by atoms with Crippen LogP contribution in [0.25, 0.3) is 21.7 Å². The van der Waals surface area contributed by atoms with E-state index in [4.69, 9.17) is 9.47 Å². The molecule has 1 amide bonds. The Kier molecular flexibility index (Phi) is 6.62. The van der Waals surface area contributed by atoms with Gasteiger partial charge in [0.2, 0.25) is 5.88 Å². The van der Waals surface area contributed by atoms with Gasteiger partial charge in [-0.25, -0.2) is 0 Å². The van der Waals surface area contributed by atoms with Crippen molar-refractivity contribution >= 4 is 33.3 Å². The molecule has 0 aliphatic carbocycles. The van der Waals surface area contributed by atoms with Crippen molar-refractivity contribution < 1.29 is 19.4 Å². The van der Waals surface area contributed by atoms with Crippen LogP contribution in [0.1, 0.15) is 5.56 Å². The lowest BCUT2D eigenvalue weighted by Crippen LogP contribution is -2.08. The van der Waals surface area contributed by atoms with Crippen molar-refractivity contribution in [1.29, 1.82) is 0 Å². The smallest absolute Gasteiger partial charge is 0.302 e. The fourth-order valence-electron chi connectivity index (χ4n) is 4.10. The molecule has 0 unspecified atom stereocenters. The summed E-state index contributed by atoms with van der Waals surface area (Å²) in [6.45, 7) is 2.48. The maximum Gasteiger partial charge on any atom is 0.302 e. The Morgan fingerprint density at radius 3 is 2.50 bits per heavy atom. The Labute approximate surface area is 208 Å². The Balaban J connectivity index is 1.28. The zero-order valence-corrected chi connectivity index (χ0v) is 19.8. The molecular formula is C29H25N3O4. The average molecular weight is 480 g/mol. The van der Waals surface area contributed by atoms with Crippen LogP contribution >= 0.6 is 0 Å². The molecule has 36 heavy (non-hydrogen) atoms. The van der Waals surface area contributed by atoms with Crippen LogP contribution in [-0.2, 0) is 11.3 Å². The van der Waals surface area contributed by atoms with E-state index in [0.717, 1.165) is 27.6 Å². The number of fused-ring (bicyclic) bond motifs is 2. The quantitative estimate of drug-likeness (QED) is 0.255. The Bertz CT molecular complexity index is 1570. The predicted molar refractivity (Wildman–Crippen MR) is 139 cm³/mol. The predicted octanol–water partition coefficient (Wildman–Crippen LogP) is 6.58. The fraction of sp³-hybridized carbons (Fsp3) is 0.138. The number of carbonyl (C=O) groups excluding carboxylic acids is 1. The van der Waals surface area contributed by atoms with Gasteiger partial charge in [-0.05, 0) is 47.5 Å². The van der Waals surface area contributed by atoms with Crippen LogP contribution in [0.15, 0.2) is 101 Å². The van der Waals surface area contributed by atoms with Gasteiger partial charge in [0.1, 0.15) is 18.1 Å². The van der Waals surface area contributed by atoms with Gasteiger partial charge < -0.3 is 19.1 Å². The van der Waals surface area contributed by atoms with E-state index < -0.39 is 5.91 Å². The Morgan fingerprint density at radius 1 is 0.889 bits per heavy atom. The average Bonchev–Trinajstić information content (AvgIpc) is 3.17. The van der Waals surface area contributed by atoms with Crippen molar-refractivity contribution in [3.8, 4) is 17.4 Å². The van der Waals surface area contributed by atoms with Gasteiger partial charge in [-0.2, -0.15) is 0 Å². The summed E-state index contributed by atoms with van der Waals surface area (Å²) in [5.41, 5.74) is 2.05. The molecule has 0 aliphatic heterocycles. The lowest BCUT2D eigenvalue weighted by atomic mass is 10.1. The first kappa shape index (κ1) is 23.1. The monoisotopic (exact) mass is 479 g/mol. The minimum Gasteiger partial charge on any atom is -0.493 e. The van der Waals surface area contributed by atoms with Gasteiger partial charge in [0.25, 0.3) is 0 Å². The highest BCUT2D eigenvalue weighted by Crippen LogP contribution is 2.38. The molecule has 5 aromatic rings. The summed E-state index contributed by atoms with van der Waals surface area (Å²) >= 11 is 0. The molecule has 0 atom stereocenters. The maximum atomic E-state index is 12.4. The van der Waals surface area contributed by atoms with E-state index in [1.165, 1.54) is 0 Å². The summed E-state index contributed by atoms with van der Waals surface area (Å²) in [6.07, 6.45) is 0. The molecule has 1 N–H and O–H groups in total. The summed E-state index contributed by atoms with van der Waals surface area (Å²) in [7, 11) is 0. The maximum absolute atomic E-state index is 12.4. The number of carbonyl (C=O) groups is 1. The Morgan fingerprint density at radius 2 is 1.64 bits per heavy atom. The molecule has 0 bridgehead atoms. The third kappa shape index (κ3) is 4.90. The number of aryl methyl sites for hydroxylation is 1. The SMILES string of the molecule is Cc1ccccc1OCCn1c(O)c(N=NC(=O)COc2ccc3ccccc3c2)c2ccccc21. The number of para-hydroxylation sites is 2. The Hall–Kier alpha value is -4.65. The van der Waals surface area contributed by atoms with E-state index in [9.17, 15) is 9.90 Å². The standard InChI is InChI=1S/C29H25N3O4/c1-20-8-2-7-13-26(20)35-17-16-32-25-12-6-5-11-24(25)28(29(32)34)31-30-27(33)19-36-23-15-14-21-9-3-4-10-22(21)18-23/h2-15,18,34H,16-17,19H2,1H3. The largest absolute Gasteiger partial charge is 0.493 e. The number of nitrogens with zero attached hydrogens (tertiary/aromatic N) is 3. The van der Waals surface area contributed by atoms with E-state index >= 15 is 0 Å². The number of aromatic hydroxyl groups is 1. The summed E-state index contributed by atoms with van der Waals surface area (Å²) in [5, 5.41) is 21.6. The minimum absolute atomic E-state index is 0.0726. The summed E-state index contributed by atoms with van der Waals surface area (Å²) in [6, 6.07) is 28.7. The number of hydrogen-bond acceptors (Lipinski definition) is 5. The second kappa shape index (κ2) is 10.3. The zero-order valence-electron chi connectivity index (χ0n) is 19.8. The highest BCUT2D eigenvalue weighted by Gasteiger charge is 2.17. The summed E-state index contributed by atoms with van der Waals surface area (Å²) in [4.78, 5) is 12.4. The van der Waals surface area contributed by atoms with E-state index in [1.807, 2.05) is 97.9 Å². The van der Waals surface area contributed by atoms with Gasteiger partial charge >= 0.3 is 5.91 Å². The molecule has 7 heteroatoms. The molecule has 1 heterocycles. The number of aromatic nitrogens is 1. The van der Waals surface area contributed by atoms with Crippen molar-refractivity contribution in [3.05, 3.63) is 96.6 Å². The van der Waals surface area contributed by atoms with Crippen molar-refractivity contribution in [2.24, 2.45) is 10.2 Å². The second-order valence-electron chi connectivity index (χ2n) is 8.35. The van der Waals surface area contributed by atoms with Crippen LogP contribution < -0.4 is 9.47 Å². The molecule has 0 aliphatic rings. The number of hydrogen-bond donors (Lipinski definition) is 1. The van der Waals surface area contributed by atoms with Gasteiger partial charge in [0.15, 0.2) is 12.3 Å². The third-order valence-electron chi connectivity index (χ3n) is 5.93. The van der Waals surface area contributed by atoms with Crippen LogP contribution in [-0.4, -0.2) is 28.8 Å². The molecule has 4 aromatic carbocycles. The lowest BCUT2D eigenvalue weighted by molar-refractivity contribution is -0.120. The van der Waals surface area contributed by atoms with Gasteiger partial charge in [0, 0.05) is 5.39 Å². The molecule has 0 saturated carbocycles. The van der Waals surface area contributed by atoms with Crippen LogP contribution in [0.2, 0.25) is 0 Å². The first-order valence-electron chi connectivity index (χ1n) is 11.6. The highest BCUT2D eigenvalue weighted by atomic mass is 16.5. The topological polar surface area (TPSA) is 85.4 Å². The van der Waals surface area contributed by atoms with Crippen LogP contribution in [0.5, 0.6) is 17.4 Å². The van der Waals surface area contributed by atoms with Crippen molar-refractivity contribution in [2.75, 3.05) is 13.2 Å². The molecule has 0 radical (unpaired) electrons. The highest BCUT2D eigenvalue weighted by molar-refractivity contribution is 5.95. The molecular weight excluding hydrogens is 454 g/mol. The number of benzene rings is 4. The number of ether oxygens (including phenoxy) is 2. The van der Waals surface area contributed by atoms with E-state index in [-0.39, 0.29) is 18.2 Å². The van der Waals surface area contributed by atoms with Crippen LogP contribution in [0.3, 0.4) is 0 Å². The first-order valence-corrected chi connectivity index (χ1v) is 11.6. The molecule has 1 aromatic heterocycles. The van der Waals surface area contributed by atoms with Crippen LogP contribution in [0, 0.1) is 6.92 Å². The number of rotatable bonds is 8. The molecule has 0 saturated heterocycles. The molecule has 7 nitrogen and oxygen atoms in total. The number of amides is 1. The molecule has 180 valence electrons. The first-order chi connectivity index (χ1) is 17.6. The van der Waals surface area contributed by atoms with Gasteiger partial charge in [0.05, 0.1) is 12.1 Å². The zero-order chi connectivity index (χ0) is 24.9. The number of azo groups is 1. The van der Waals surface area contributed by atoms with Gasteiger partial charge in [-0.1, -0.05) is 66.7 Å². The third-order valence-corrected chi connectivity index (χ3v) is 5.93. The van der Waals surface area contributed by atoms with E-state index in [0.29, 0.717) is 24.3 Å². The minimum atomic E-state index is -0.553. The summed E-state index contributed by atoms with van der Waals surface area (Å²) in [5.74, 6) is 0.745. The van der Waals surface area contributed by atoms with Crippen molar-refractivity contribution in [3.63, 3.8) is 0 Å².